The second-order valence-electron chi connectivity index (χ2n) is 2.74. The summed E-state index contributed by atoms with van der Waals surface area (Å²) in [5.41, 5.74) is 26.9. The molecule has 0 amide bonds. The van der Waals surface area contributed by atoms with Gasteiger partial charge in [0.1, 0.15) is 0 Å². The zero-order chi connectivity index (χ0) is 10.8. The minimum Gasteiger partial charge on any atom is -0.368 e. The van der Waals surface area contributed by atoms with Gasteiger partial charge in [0.25, 0.3) is 0 Å². The van der Waals surface area contributed by atoms with E-state index in [0.29, 0.717) is 0 Å². The molecule has 0 aliphatic carbocycles. The van der Waals surface area contributed by atoms with Gasteiger partial charge in [-0.15, -0.1) is 0 Å². The Kier molecular flexibility index (Phi) is 2.65. The topological polar surface area (TPSA) is 181 Å². The molecule has 0 aliphatic rings. The molecule has 0 aromatic carbocycles. The fourth-order valence-corrected chi connectivity index (χ4v) is 0.724. The molecular formula is C5H13N9. The summed E-state index contributed by atoms with van der Waals surface area (Å²) in [6.45, 7) is -0.00150. The van der Waals surface area contributed by atoms with E-state index >= 15 is 0 Å². The molecule has 0 saturated heterocycles. The van der Waals surface area contributed by atoms with Crippen LogP contribution in [0.4, 0.5) is 17.8 Å². The Bertz CT molecular complexity index is 301. The number of anilines is 3. The Labute approximate surface area is 80.1 Å². The van der Waals surface area contributed by atoms with Crippen molar-refractivity contribution in [3.63, 3.8) is 0 Å². The lowest BCUT2D eigenvalue weighted by molar-refractivity contribution is 0.514. The summed E-state index contributed by atoms with van der Waals surface area (Å²) in [4.78, 5) is 11.0. The number of rotatable bonds is 3. The molecule has 14 heavy (non-hydrogen) atoms. The van der Waals surface area contributed by atoms with Crippen molar-refractivity contribution in [3.8, 4) is 0 Å². The van der Waals surface area contributed by atoms with Crippen molar-refractivity contribution in [2.24, 2.45) is 17.2 Å². The van der Waals surface area contributed by atoms with Crippen molar-refractivity contribution in [2.75, 3.05) is 23.3 Å². The van der Waals surface area contributed by atoms with Gasteiger partial charge < -0.3 is 22.5 Å². The van der Waals surface area contributed by atoms with Crippen molar-refractivity contribution in [1.29, 1.82) is 0 Å². The molecule has 0 unspecified atom stereocenters. The molecular weight excluding hydrogens is 186 g/mol. The van der Waals surface area contributed by atoms with Gasteiger partial charge in [-0.3, -0.25) is 11.5 Å². The second-order valence-corrected chi connectivity index (χ2v) is 2.74. The molecule has 0 saturated carbocycles. The standard InChI is InChI=1S/C5H13N9/c6-1-5(9,10)14-4-12-2(7)11-3(8)13-4/h1,6,9-10H2,(H5,7,8,11,12,13,14). The highest BCUT2D eigenvalue weighted by molar-refractivity contribution is 5.38. The first-order chi connectivity index (χ1) is 6.43. The highest BCUT2D eigenvalue weighted by atomic mass is 15.3. The Balaban J connectivity index is 2.87. The van der Waals surface area contributed by atoms with Gasteiger partial charge in [0.15, 0.2) is 5.79 Å². The van der Waals surface area contributed by atoms with Crippen LogP contribution >= 0.6 is 0 Å². The Morgan fingerprint density at radius 1 is 1.07 bits per heavy atom. The van der Waals surface area contributed by atoms with E-state index in [1.165, 1.54) is 0 Å². The summed E-state index contributed by atoms with van der Waals surface area (Å²) in [7, 11) is 0. The summed E-state index contributed by atoms with van der Waals surface area (Å²) in [6.07, 6.45) is 0. The van der Waals surface area contributed by atoms with Gasteiger partial charge in [-0.25, -0.2) is 0 Å². The molecule has 1 heterocycles. The highest BCUT2D eigenvalue weighted by Crippen LogP contribution is 2.05. The number of hydrogen-bond donors (Lipinski definition) is 6. The molecule has 9 nitrogen and oxygen atoms in total. The quantitative estimate of drug-likeness (QED) is 0.276. The Hall–Kier alpha value is -1.71. The number of nitrogens with zero attached hydrogens (tertiary/aromatic N) is 3. The van der Waals surface area contributed by atoms with Crippen molar-refractivity contribution in [3.05, 3.63) is 0 Å². The minimum atomic E-state index is -1.31. The average molecular weight is 199 g/mol. The molecule has 0 spiro atoms. The van der Waals surface area contributed by atoms with Gasteiger partial charge in [-0.2, -0.15) is 15.0 Å². The average Bonchev–Trinajstić information content (AvgIpc) is 2.01. The first kappa shape index (κ1) is 10.4. The first-order valence-electron chi connectivity index (χ1n) is 3.76. The van der Waals surface area contributed by atoms with E-state index < -0.39 is 5.79 Å². The number of aromatic nitrogens is 3. The fraction of sp³-hybridized carbons (Fsp3) is 0.400. The van der Waals surface area contributed by atoms with E-state index in [1.54, 1.807) is 0 Å². The van der Waals surface area contributed by atoms with Crippen LogP contribution in [0.1, 0.15) is 0 Å². The predicted molar refractivity (Wildman–Crippen MR) is 52.4 cm³/mol. The maximum Gasteiger partial charge on any atom is 0.231 e. The number of nitrogen functional groups attached to an aromatic ring is 2. The van der Waals surface area contributed by atoms with Gasteiger partial charge in [0.2, 0.25) is 17.8 Å². The SMILES string of the molecule is NCC(N)(N)Nc1nc(N)nc(N)n1. The van der Waals surface area contributed by atoms with Crippen LogP contribution < -0.4 is 34.0 Å². The fourth-order valence-electron chi connectivity index (χ4n) is 0.724. The summed E-state index contributed by atoms with van der Waals surface area (Å²) in [5, 5.41) is 2.56. The molecule has 0 aliphatic heterocycles. The third-order valence-corrected chi connectivity index (χ3v) is 1.35. The molecule has 1 aromatic rings. The van der Waals surface area contributed by atoms with Crippen LogP contribution in [0.2, 0.25) is 0 Å². The van der Waals surface area contributed by atoms with E-state index in [2.05, 4.69) is 20.3 Å². The van der Waals surface area contributed by atoms with E-state index in [1.807, 2.05) is 0 Å². The van der Waals surface area contributed by atoms with Crippen molar-refractivity contribution in [2.45, 2.75) is 5.79 Å². The molecule has 1 aromatic heterocycles. The van der Waals surface area contributed by atoms with E-state index in [4.69, 9.17) is 28.7 Å². The molecule has 1 rings (SSSR count). The van der Waals surface area contributed by atoms with Gasteiger partial charge >= 0.3 is 0 Å². The van der Waals surface area contributed by atoms with Crippen molar-refractivity contribution >= 4 is 17.8 Å². The normalized spacial score (nSPS) is 11.4. The third-order valence-electron chi connectivity index (χ3n) is 1.35. The summed E-state index contributed by atoms with van der Waals surface area (Å²) >= 11 is 0. The van der Waals surface area contributed by atoms with Crippen LogP contribution in [-0.4, -0.2) is 27.3 Å². The van der Waals surface area contributed by atoms with Crippen molar-refractivity contribution < 1.29 is 0 Å². The molecule has 11 N–H and O–H groups in total. The number of nitrogens with two attached hydrogens (primary N) is 5. The van der Waals surface area contributed by atoms with Crippen LogP contribution in [0.15, 0.2) is 0 Å². The lowest BCUT2D eigenvalue weighted by atomic mass is 10.4. The molecule has 78 valence electrons. The van der Waals surface area contributed by atoms with Crippen molar-refractivity contribution in [1.82, 2.24) is 15.0 Å². The van der Waals surface area contributed by atoms with E-state index in [-0.39, 0.29) is 24.4 Å². The third kappa shape index (κ3) is 2.65. The maximum atomic E-state index is 5.51. The summed E-state index contributed by atoms with van der Waals surface area (Å²) in [6, 6.07) is 0. The van der Waals surface area contributed by atoms with Crippen LogP contribution in [0.5, 0.6) is 0 Å². The molecule has 0 radical (unpaired) electrons. The van der Waals surface area contributed by atoms with Crippen LogP contribution in [-0.2, 0) is 0 Å². The Morgan fingerprint density at radius 3 is 2.00 bits per heavy atom. The van der Waals surface area contributed by atoms with Gasteiger partial charge in [0.05, 0.1) is 0 Å². The maximum absolute atomic E-state index is 5.51. The molecule has 9 heteroatoms. The predicted octanol–water partition coefficient (Wildman–Crippen LogP) is -3.02. The minimum absolute atomic E-state index is 0.00150. The lowest BCUT2D eigenvalue weighted by Gasteiger charge is -2.23. The summed E-state index contributed by atoms with van der Waals surface area (Å²) < 4.78 is 0. The molecule has 0 atom stereocenters. The highest BCUT2D eigenvalue weighted by Gasteiger charge is 2.17. The number of hydrogen-bond acceptors (Lipinski definition) is 9. The first-order valence-corrected chi connectivity index (χ1v) is 3.76. The Morgan fingerprint density at radius 2 is 1.57 bits per heavy atom. The van der Waals surface area contributed by atoms with E-state index in [0.717, 1.165) is 0 Å². The van der Waals surface area contributed by atoms with Crippen LogP contribution in [0.3, 0.4) is 0 Å². The smallest absolute Gasteiger partial charge is 0.231 e. The van der Waals surface area contributed by atoms with Crippen LogP contribution in [0, 0.1) is 0 Å². The van der Waals surface area contributed by atoms with E-state index in [9.17, 15) is 0 Å². The van der Waals surface area contributed by atoms with Crippen LogP contribution in [0.25, 0.3) is 0 Å². The second kappa shape index (κ2) is 3.57. The number of nitrogens with one attached hydrogen (secondary N) is 1. The lowest BCUT2D eigenvalue weighted by Crippen LogP contribution is -2.61. The molecule has 0 bridgehead atoms. The van der Waals surface area contributed by atoms with Gasteiger partial charge in [0, 0.05) is 6.54 Å². The monoisotopic (exact) mass is 199 g/mol. The van der Waals surface area contributed by atoms with Gasteiger partial charge in [-0.05, 0) is 0 Å². The zero-order valence-corrected chi connectivity index (χ0v) is 7.44. The molecule has 0 fully saturated rings. The largest absolute Gasteiger partial charge is 0.368 e. The summed E-state index contributed by atoms with van der Waals surface area (Å²) in [5.74, 6) is -1.26. The zero-order valence-electron chi connectivity index (χ0n) is 7.44. The van der Waals surface area contributed by atoms with Gasteiger partial charge in [-0.1, -0.05) is 0 Å².